The van der Waals surface area contributed by atoms with Gasteiger partial charge < -0.3 is 25.3 Å². The second-order valence-electron chi connectivity index (χ2n) is 6.41. The highest BCUT2D eigenvalue weighted by Crippen LogP contribution is 2.19. The molecule has 2 amide bonds. The fourth-order valence-corrected chi connectivity index (χ4v) is 2.80. The average Bonchev–Trinajstić information content (AvgIpc) is 2.68. The van der Waals surface area contributed by atoms with Crippen molar-refractivity contribution in [2.45, 2.75) is 0 Å². The fourth-order valence-electron chi connectivity index (χ4n) is 2.68. The molecule has 0 saturated carbocycles. The van der Waals surface area contributed by atoms with Crippen LogP contribution in [0.15, 0.2) is 29.3 Å². The Kier molecular flexibility index (Phi) is 10.4. The predicted octanol–water partition coefficient (Wildman–Crippen LogP) is 0.860. The Morgan fingerprint density at radius 1 is 1.07 bits per heavy atom. The number of guanidine groups is 1. The Bertz CT molecular complexity index is 675. The van der Waals surface area contributed by atoms with Crippen LogP contribution >= 0.6 is 35.6 Å². The van der Waals surface area contributed by atoms with Crippen molar-refractivity contribution >= 4 is 59.0 Å². The molecule has 1 aromatic carbocycles. The zero-order valence-electron chi connectivity index (χ0n) is 16.4. The molecule has 0 spiro atoms. The predicted molar refractivity (Wildman–Crippen MR) is 124 cm³/mol. The maximum atomic E-state index is 12.4. The number of aliphatic imine (C=N–C) groups is 1. The standard InChI is InChI=1S/C18H27ClN6O2.HI/c1-20-18(21-12-16(26)23(2)3)22-13-17(27)25-10-8-24(9-11-25)15-6-4-14(19)5-7-15;/h4-7H,8-13H2,1-3H3,(H2,20,21,22);1H. The molecule has 2 N–H and O–H groups in total. The van der Waals surface area contributed by atoms with E-state index in [1.54, 1.807) is 21.1 Å². The smallest absolute Gasteiger partial charge is 0.242 e. The van der Waals surface area contributed by atoms with Crippen LogP contribution in [0.25, 0.3) is 0 Å². The van der Waals surface area contributed by atoms with Crippen LogP contribution in [-0.2, 0) is 9.59 Å². The summed E-state index contributed by atoms with van der Waals surface area (Å²) < 4.78 is 0. The van der Waals surface area contributed by atoms with Crippen molar-refractivity contribution < 1.29 is 9.59 Å². The second kappa shape index (κ2) is 11.9. The van der Waals surface area contributed by atoms with Gasteiger partial charge in [-0.05, 0) is 24.3 Å². The van der Waals surface area contributed by atoms with E-state index in [0.29, 0.717) is 24.1 Å². The summed E-state index contributed by atoms with van der Waals surface area (Å²) in [5.74, 6) is 0.369. The first kappa shape index (κ1) is 24.3. The van der Waals surface area contributed by atoms with Crippen molar-refractivity contribution in [2.24, 2.45) is 4.99 Å². The molecule has 1 heterocycles. The number of nitrogens with one attached hydrogen (secondary N) is 2. The summed E-state index contributed by atoms with van der Waals surface area (Å²) in [5, 5.41) is 6.57. The molecule has 1 aliphatic rings. The molecular formula is C18H28ClIN6O2. The first-order valence-corrected chi connectivity index (χ1v) is 9.21. The molecule has 2 rings (SSSR count). The van der Waals surface area contributed by atoms with Gasteiger partial charge in [0.2, 0.25) is 11.8 Å². The van der Waals surface area contributed by atoms with E-state index >= 15 is 0 Å². The van der Waals surface area contributed by atoms with E-state index in [0.717, 1.165) is 18.8 Å². The van der Waals surface area contributed by atoms with Crippen LogP contribution in [0.5, 0.6) is 0 Å². The number of likely N-dealkylation sites (N-methyl/N-ethyl adjacent to an activating group) is 1. The molecule has 0 unspecified atom stereocenters. The van der Waals surface area contributed by atoms with E-state index in [2.05, 4.69) is 20.5 Å². The van der Waals surface area contributed by atoms with Crippen LogP contribution in [0.2, 0.25) is 5.02 Å². The third kappa shape index (κ3) is 7.34. The van der Waals surface area contributed by atoms with Crippen molar-refractivity contribution in [1.29, 1.82) is 0 Å². The second-order valence-corrected chi connectivity index (χ2v) is 6.85. The topological polar surface area (TPSA) is 80.3 Å². The van der Waals surface area contributed by atoms with E-state index < -0.39 is 0 Å². The van der Waals surface area contributed by atoms with E-state index in [1.165, 1.54) is 4.90 Å². The summed E-state index contributed by atoms with van der Waals surface area (Å²) in [7, 11) is 4.98. The minimum atomic E-state index is -0.0670. The Balaban J connectivity index is 0.00000392. The first-order chi connectivity index (χ1) is 12.9. The molecule has 1 aromatic rings. The van der Waals surface area contributed by atoms with Gasteiger partial charge in [0.15, 0.2) is 5.96 Å². The normalized spacial score (nSPS) is 14.2. The number of rotatable bonds is 5. The molecule has 0 bridgehead atoms. The number of carbonyl (C=O) groups excluding carboxylic acids is 2. The lowest BCUT2D eigenvalue weighted by Crippen LogP contribution is -2.52. The summed E-state index contributed by atoms with van der Waals surface area (Å²) >= 11 is 5.93. The van der Waals surface area contributed by atoms with Crippen LogP contribution in [-0.4, -0.2) is 88.0 Å². The molecule has 1 saturated heterocycles. The van der Waals surface area contributed by atoms with Gasteiger partial charge >= 0.3 is 0 Å². The lowest BCUT2D eigenvalue weighted by molar-refractivity contribution is -0.130. The van der Waals surface area contributed by atoms with Crippen LogP contribution in [0.4, 0.5) is 5.69 Å². The number of piperazine rings is 1. The zero-order chi connectivity index (χ0) is 19.8. The molecule has 8 nitrogen and oxygen atoms in total. The van der Waals surface area contributed by atoms with Gasteiger partial charge in [-0.1, -0.05) is 11.6 Å². The minimum Gasteiger partial charge on any atom is -0.368 e. The van der Waals surface area contributed by atoms with Crippen molar-refractivity contribution in [3.05, 3.63) is 29.3 Å². The summed E-state index contributed by atoms with van der Waals surface area (Å²) in [4.78, 5) is 33.6. The molecule has 156 valence electrons. The van der Waals surface area contributed by atoms with Crippen molar-refractivity contribution in [3.8, 4) is 0 Å². The summed E-state index contributed by atoms with van der Waals surface area (Å²) in [5.41, 5.74) is 1.11. The zero-order valence-corrected chi connectivity index (χ0v) is 19.5. The van der Waals surface area contributed by atoms with Crippen LogP contribution in [0.3, 0.4) is 0 Å². The van der Waals surface area contributed by atoms with Crippen molar-refractivity contribution in [2.75, 3.05) is 65.3 Å². The first-order valence-electron chi connectivity index (χ1n) is 8.83. The number of benzene rings is 1. The van der Waals surface area contributed by atoms with E-state index in [-0.39, 0.29) is 48.9 Å². The number of hydrogen-bond acceptors (Lipinski definition) is 4. The number of carbonyl (C=O) groups is 2. The van der Waals surface area contributed by atoms with Crippen molar-refractivity contribution in [3.63, 3.8) is 0 Å². The molecule has 0 aromatic heterocycles. The highest BCUT2D eigenvalue weighted by Gasteiger charge is 2.21. The Morgan fingerprint density at radius 3 is 2.18 bits per heavy atom. The van der Waals surface area contributed by atoms with Gasteiger partial charge in [-0.3, -0.25) is 14.6 Å². The minimum absolute atomic E-state index is 0. The molecule has 0 radical (unpaired) electrons. The lowest BCUT2D eigenvalue weighted by Gasteiger charge is -2.36. The molecular weight excluding hydrogens is 495 g/mol. The van der Waals surface area contributed by atoms with Gasteiger partial charge in [0.25, 0.3) is 0 Å². The summed E-state index contributed by atoms with van der Waals surface area (Å²) in [6.45, 7) is 3.13. The van der Waals surface area contributed by atoms with Gasteiger partial charge in [0.05, 0.1) is 13.1 Å². The number of amides is 2. The maximum absolute atomic E-state index is 12.4. The summed E-state index contributed by atoms with van der Waals surface area (Å²) in [6, 6.07) is 7.73. The number of anilines is 1. The van der Waals surface area contributed by atoms with Gasteiger partial charge in [0, 0.05) is 58.0 Å². The fraction of sp³-hybridized carbons (Fsp3) is 0.500. The Morgan fingerprint density at radius 2 is 1.64 bits per heavy atom. The van der Waals surface area contributed by atoms with Crippen LogP contribution < -0.4 is 15.5 Å². The molecule has 1 aliphatic heterocycles. The maximum Gasteiger partial charge on any atom is 0.242 e. The Labute approximate surface area is 188 Å². The van der Waals surface area contributed by atoms with Gasteiger partial charge in [-0.15, -0.1) is 24.0 Å². The Hall–Kier alpha value is -1.75. The molecule has 0 aliphatic carbocycles. The van der Waals surface area contributed by atoms with Crippen molar-refractivity contribution in [1.82, 2.24) is 20.4 Å². The number of nitrogens with zero attached hydrogens (tertiary/aromatic N) is 4. The van der Waals surface area contributed by atoms with Crippen LogP contribution in [0.1, 0.15) is 0 Å². The lowest BCUT2D eigenvalue weighted by atomic mass is 10.2. The molecule has 0 atom stereocenters. The average molecular weight is 523 g/mol. The monoisotopic (exact) mass is 522 g/mol. The van der Waals surface area contributed by atoms with Gasteiger partial charge in [-0.2, -0.15) is 0 Å². The van der Waals surface area contributed by atoms with Crippen LogP contribution in [0, 0.1) is 0 Å². The third-order valence-corrected chi connectivity index (χ3v) is 4.61. The number of halogens is 2. The van der Waals surface area contributed by atoms with E-state index in [4.69, 9.17) is 11.6 Å². The number of hydrogen-bond donors (Lipinski definition) is 2. The highest BCUT2D eigenvalue weighted by molar-refractivity contribution is 14.0. The molecule has 10 heteroatoms. The largest absolute Gasteiger partial charge is 0.368 e. The third-order valence-electron chi connectivity index (χ3n) is 4.36. The molecule has 28 heavy (non-hydrogen) atoms. The van der Waals surface area contributed by atoms with E-state index in [9.17, 15) is 9.59 Å². The highest BCUT2D eigenvalue weighted by atomic mass is 127. The molecule has 1 fully saturated rings. The van der Waals surface area contributed by atoms with Gasteiger partial charge in [0.1, 0.15) is 0 Å². The van der Waals surface area contributed by atoms with E-state index in [1.807, 2.05) is 29.2 Å². The quantitative estimate of drug-likeness (QED) is 0.341. The SMILES string of the molecule is CN=C(NCC(=O)N(C)C)NCC(=O)N1CCN(c2ccc(Cl)cc2)CC1.I. The summed E-state index contributed by atoms with van der Waals surface area (Å²) in [6.07, 6.45) is 0. The van der Waals surface area contributed by atoms with Gasteiger partial charge in [-0.25, -0.2) is 0 Å².